The molecule has 238 valence electrons. The van der Waals surface area contributed by atoms with E-state index < -0.39 is 63.3 Å². The number of benzene rings is 3. The van der Waals surface area contributed by atoms with Crippen molar-refractivity contribution in [3.63, 3.8) is 0 Å². The lowest BCUT2D eigenvalue weighted by atomic mass is 10.1. The quantitative estimate of drug-likeness (QED) is 0.261. The minimum atomic E-state index is -4.40. The first-order chi connectivity index (χ1) is 20.8. The van der Waals surface area contributed by atoms with Crippen LogP contribution in [-0.4, -0.2) is 67.0 Å². The zero-order chi connectivity index (χ0) is 31.7. The molecule has 0 saturated carbocycles. The first kappa shape index (κ1) is 32.5. The summed E-state index contributed by atoms with van der Waals surface area (Å²) in [5, 5.41) is 0. The molecule has 0 aromatic heterocycles. The Morgan fingerprint density at radius 2 is 1.36 bits per heavy atom. The molecule has 44 heavy (non-hydrogen) atoms. The lowest BCUT2D eigenvalue weighted by Crippen LogP contribution is -2.46. The SMILES string of the molecule is COc1ccc(CO[C@H]2[C@@H]3OC(C)(C)O[C@H]3O[C@@H]2[C@H](COS(=O)(=O)c2ccc(C)cc2)OS(=O)(=O)c2ccc(C)cc2)cc1. The molecule has 0 N–H and O–H groups in total. The molecule has 0 aliphatic carbocycles. The van der Waals surface area contributed by atoms with Gasteiger partial charge in [0, 0.05) is 0 Å². The van der Waals surface area contributed by atoms with E-state index in [0.29, 0.717) is 5.75 Å². The van der Waals surface area contributed by atoms with Crippen molar-refractivity contribution in [3.05, 3.63) is 89.5 Å². The number of aryl methyl sites for hydroxylation is 2. The van der Waals surface area contributed by atoms with Crippen LogP contribution < -0.4 is 4.74 Å². The standard InChI is InChI=1S/C31H36O11S2/c1-20-6-14-24(15-7-20)43(32,33)38-19-26(42-44(34,35)25-16-8-21(2)9-17-25)27-28(29-30(39-27)41-31(3,4)40-29)37-18-22-10-12-23(36-5)13-11-22/h6-17,26-30H,18-19H2,1-5H3/t26-,27+,28+,29-,30+/m0/s1. The molecule has 2 heterocycles. The van der Waals surface area contributed by atoms with Crippen molar-refractivity contribution in [2.75, 3.05) is 13.7 Å². The first-order valence-corrected chi connectivity index (χ1v) is 16.8. The summed E-state index contributed by atoms with van der Waals surface area (Å²) in [7, 11) is -7.13. The van der Waals surface area contributed by atoms with Gasteiger partial charge in [-0.25, -0.2) is 0 Å². The minimum absolute atomic E-state index is 0.0897. The van der Waals surface area contributed by atoms with Gasteiger partial charge in [0.1, 0.15) is 30.2 Å². The highest BCUT2D eigenvalue weighted by molar-refractivity contribution is 7.87. The van der Waals surface area contributed by atoms with Gasteiger partial charge in [-0.2, -0.15) is 16.8 Å². The maximum absolute atomic E-state index is 13.4. The lowest BCUT2D eigenvalue weighted by molar-refractivity contribution is -0.229. The molecular formula is C31H36O11S2. The van der Waals surface area contributed by atoms with E-state index >= 15 is 0 Å². The van der Waals surface area contributed by atoms with Gasteiger partial charge in [-0.05, 0) is 69.7 Å². The molecule has 3 aromatic rings. The van der Waals surface area contributed by atoms with Crippen LogP contribution in [-0.2, 0) is 54.2 Å². The van der Waals surface area contributed by atoms with E-state index in [4.69, 9.17) is 32.1 Å². The van der Waals surface area contributed by atoms with Crippen LogP contribution in [0.2, 0.25) is 0 Å². The van der Waals surface area contributed by atoms with Crippen LogP contribution >= 0.6 is 0 Å². The average Bonchev–Trinajstić information content (AvgIpc) is 3.46. The fourth-order valence-electron chi connectivity index (χ4n) is 4.94. The van der Waals surface area contributed by atoms with Gasteiger partial charge in [0.25, 0.3) is 20.2 Å². The topological polar surface area (TPSA) is 133 Å². The zero-order valence-electron chi connectivity index (χ0n) is 25.0. The van der Waals surface area contributed by atoms with Crippen molar-refractivity contribution in [1.82, 2.24) is 0 Å². The second kappa shape index (κ2) is 12.9. The third kappa shape index (κ3) is 7.49. The Labute approximate surface area is 258 Å². The summed E-state index contributed by atoms with van der Waals surface area (Å²) >= 11 is 0. The Morgan fingerprint density at radius 1 is 0.795 bits per heavy atom. The molecular weight excluding hydrogens is 612 g/mol. The maximum Gasteiger partial charge on any atom is 0.297 e. The van der Waals surface area contributed by atoms with E-state index in [1.807, 2.05) is 26.0 Å². The highest BCUT2D eigenvalue weighted by atomic mass is 32.2. The van der Waals surface area contributed by atoms with Gasteiger partial charge in [-0.15, -0.1) is 0 Å². The van der Waals surface area contributed by atoms with Crippen LogP contribution in [0.25, 0.3) is 0 Å². The van der Waals surface area contributed by atoms with E-state index in [0.717, 1.165) is 16.7 Å². The van der Waals surface area contributed by atoms with Crippen molar-refractivity contribution in [2.24, 2.45) is 0 Å². The van der Waals surface area contributed by atoms with Gasteiger partial charge in [0.15, 0.2) is 12.1 Å². The molecule has 2 aliphatic rings. The van der Waals surface area contributed by atoms with Gasteiger partial charge in [0.05, 0.1) is 30.1 Å². The summed E-state index contributed by atoms with van der Waals surface area (Å²) in [6.45, 7) is 6.48. The molecule has 5 atom stereocenters. The highest BCUT2D eigenvalue weighted by Crippen LogP contribution is 2.41. The molecule has 0 bridgehead atoms. The van der Waals surface area contributed by atoms with Crippen LogP contribution in [0, 0.1) is 13.8 Å². The number of methoxy groups -OCH3 is 1. The van der Waals surface area contributed by atoms with Gasteiger partial charge in [0.2, 0.25) is 0 Å². The molecule has 0 unspecified atom stereocenters. The number of ether oxygens (including phenoxy) is 5. The number of fused-ring (bicyclic) bond motifs is 1. The van der Waals surface area contributed by atoms with E-state index in [-0.39, 0.29) is 16.4 Å². The molecule has 13 heteroatoms. The summed E-state index contributed by atoms with van der Waals surface area (Å²) in [6.07, 6.45) is -5.25. The maximum atomic E-state index is 13.4. The smallest absolute Gasteiger partial charge is 0.297 e. The number of hydrogen-bond acceptors (Lipinski definition) is 11. The van der Waals surface area contributed by atoms with Crippen LogP contribution in [0.1, 0.15) is 30.5 Å². The highest BCUT2D eigenvalue weighted by Gasteiger charge is 2.58. The Hall–Kier alpha value is -2.88. The molecule has 11 nitrogen and oxygen atoms in total. The van der Waals surface area contributed by atoms with Gasteiger partial charge >= 0.3 is 0 Å². The first-order valence-electron chi connectivity index (χ1n) is 14.0. The van der Waals surface area contributed by atoms with Crippen LogP contribution in [0.4, 0.5) is 0 Å². The minimum Gasteiger partial charge on any atom is -0.497 e. The van der Waals surface area contributed by atoms with E-state index in [1.54, 1.807) is 57.4 Å². The summed E-state index contributed by atoms with van der Waals surface area (Å²) < 4.78 is 93.8. The molecule has 2 aliphatic heterocycles. The summed E-state index contributed by atoms with van der Waals surface area (Å²) in [5.74, 6) is -0.329. The summed E-state index contributed by atoms with van der Waals surface area (Å²) in [4.78, 5) is -0.204. The molecule has 3 aromatic carbocycles. The molecule has 5 rings (SSSR count). The van der Waals surface area contributed by atoms with Crippen LogP contribution in [0.3, 0.4) is 0 Å². The fourth-order valence-corrected chi connectivity index (χ4v) is 6.93. The van der Waals surface area contributed by atoms with Crippen LogP contribution in [0.15, 0.2) is 82.6 Å². The van der Waals surface area contributed by atoms with Gasteiger partial charge in [-0.1, -0.05) is 47.5 Å². The predicted octanol–water partition coefficient (Wildman–Crippen LogP) is 4.25. The van der Waals surface area contributed by atoms with E-state index in [1.165, 1.54) is 24.3 Å². The molecule has 2 saturated heterocycles. The third-order valence-corrected chi connectivity index (χ3v) is 9.90. The van der Waals surface area contributed by atoms with E-state index in [9.17, 15) is 16.8 Å². The summed E-state index contributed by atoms with van der Waals surface area (Å²) in [6, 6.07) is 19.4. The summed E-state index contributed by atoms with van der Waals surface area (Å²) in [5.41, 5.74) is 2.51. The van der Waals surface area contributed by atoms with Crippen molar-refractivity contribution in [3.8, 4) is 5.75 Å². The monoisotopic (exact) mass is 648 g/mol. The molecule has 0 spiro atoms. The van der Waals surface area contributed by atoms with Crippen molar-refractivity contribution in [2.45, 2.75) is 80.6 Å². The largest absolute Gasteiger partial charge is 0.497 e. The van der Waals surface area contributed by atoms with Gasteiger partial charge in [-0.3, -0.25) is 8.37 Å². The molecule has 0 radical (unpaired) electrons. The van der Waals surface area contributed by atoms with E-state index in [2.05, 4.69) is 0 Å². The Kier molecular flexibility index (Phi) is 9.50. The average molecular weight is 649 g/mol. The predicted molar refractivity (Wildman–Crippen MR) is 158 cm³/mol. The molecule has 0 amide bonds. The number of rotatable bonds is 12. The van der Waals surface area contributed by atoms with Gasteiger partial charge < -0.3 is 23.7 Å². The van der Waals surface area contributed by atoms with Crippen LogP contribution in [0.5, 0.6) is 5.75 Å². The second-order valence-electron chi connectivity index (χ2n) is 11.1. The molecule has 2 fully saturated rings. The lowest BCUT2D eigenvalue weighted by Gasteiger charge is -2.30. The fraction of sp³-hybridized carbons (Fsp3) is 0.419. The second-order valence-corrected chi connectivity index (χ2v) is 14.3. The van der Waals surface area contributed by atoms with Crippen molar-refractivity contribution in [1.29, 1.82) is 0 Å². The Morgan fingerprint density at radius 3 is 1.93 bits per heavy atom. The normalized spacial score (nSPS) is 23.8. The number of hydrogen-bond donors (Lipinski definition) is 0. The third-order valence-electron chi connectivity index (χ3n) is 7.25. The zero-order valence-corrected chi connectivity index (χ0v) is 26.7. The Bertz CT molecular complexity index is 1640. The Balaban J connectivity index is 1.44. The van der Waals surface area contributed by atoms with Crippen molar-refractivity contribution < 1.29 is 48.9 Å². The van der Waals surface area contributed by atoms with Crippen molar-refractivity contribution >= 4 is 20.2 Å².